The van der Waals surface area contributed by atoms with Gasteiger partial charge in [0, 0.05) is 69.0 Å². The van der Waals surface area contributed by atoms with E-state index >= 15 is 0 Å². The fraction of sp³-hybridized carbons (Fsp3) is 0.320. The highest BCUT2D eigenvalue weighted by Crippen LogP contribution is 2.21. The number of piperazine rings is 1. The van der Waals surface area contributed by atoms with Gasteiger partial charge >= 0.3 is 5.69 Å². The Morgan fingerprint density at radius 2 is 1.58 bits per heavy atom. The molecule has 0 radical (unpaired) electrons. The van der Waals surface area contributed by atoms with Gasteiger partial charge in [0.15, 0.2) is 5.78 Å². The number of ketones is 1. The van der Waals surface area contributed by atoms with Crippen LogP contribution in [-0.2, 0) is 20.5 Å². The van der Waals surface area contributed by atoms with E-state index in [4.69, 9.17) is 11.6 Å². The maximum Gasteiger partial charge on any atom is 0.332 e. The third-order valence-corrected chi connectivity index (χ3v) is 6.60. The molecule has 172 valence electrons. The second kappa shape index (κ2) is 9.77. The molecule has 1 aromatic heterocycles. The molecular weight excluding hydrogens is 440 g/mol. The summed E-state index contributed by atoms with van der Waals surface area (Å²) in [7, 11) is 3.18. The maximum atomic E-state index is 12.6. The zero-order valence-electron chi connectivity index (χ0n) is 18.8. The first kappa shape index (κ1) is 23.0. The lowest BCUT2D eigenvalue weighted by Crippen LogP contribution is -2.49. The molecule has 0 amide bonds. The number of carbonyl (C=O) groups is 1. The molecule has 7 nitrogen and oxygen atoms in total. The molecule has 8 heteroatoms. The highest BCUT2D eigenvalue weighted by atomic mass is 35.5. The molecule has 0 spiro atoms. The van der Waals surface area contributed by atoms with Crippen LogP contribution < -0.4 is 16.1 Å². The van der Waals surface area contributed by atoms with Crippen LogP contribution in [0, 0.1) is 0 Å². The Balaban J connectivity index is 1.35. The van der Waals surface area contributed by atoms with Crippen molar-refractivity contribution in [3.05, 3.63) is 97.1 Å². The lowest BCUT2D eigenvalue weighted by molar-refractivity contribution is 0.103. The van der Waals surface area contributed by atoms with E-state index in [9.17, 15) is 14.4 Å². The van der Waals surface area contributed by atoms with E-state index in [-0.39, 0.29) is 17.0 Å². The van der Waals surface area contributed by atoms with Gasteiger partial charge in [-0.25, -0.2) is 4.79 Å². The Morgan fingerprint density at radius 1 is 0.879 bits per heavy atom. The highest BCUT2D eigenvalue weighted by Gasteiger charge is 2.20. The molecule has 0 aliphatic carbocycles. The molecule has 1 fully saturated rings. The molecule has 3 aromatic rings. The molecule has 0 atom stereocenters. The van der Waals surface area contributed by atoms with Crippen LogP contribution in [0.4, 0.5) is 5.82 Å². The van der Waals surface area contributed by atoms with Crippen molar-refractivity contribution < 1.29 is 4.79 Å². The number of nitrogens with zero attached hydrogens (tertiary/aromatic N) is 4. The molecule has 1 aliphatic rings. The first-order valence-electron chi connectivity index (χ1n) is 11.0. The first-order chi connectivity index (χ1) is 15.8. The van der Waals surface area contributed by atoms with E-state index in [1.165, 1.54) is 17.7 Å². The Hall–Kier alpha value is -3.16. The van der Waals surface area contributed by atoms with E-state index in [1.54, 1.807) is 25.2 Å². The van der Waals surface area contributed by atoms with Gasteiger partial charge in [-0.1, -0.05) is 54.1 Å². The highest BCUT2D eigenvalue weighted by molar-refractivity contribution is 6.32. The summed E-state index contributed by atoms with van der Waals surface area (Å²) in [6.07, 6.45) is 0.781. The van der Waals surface area contributed by atoms with E-state index in [0.29, 0.717) is 22.0 Å². The molecule has 0 saturated carbocycles. The van der Waals surface area contributed by atoms with Crippen molar-refractivity contribution in [2.24, 2.45) is 14.1 Å². The molecule has 2 heterocycles. The van der Waals surface area contributed by atoms with Crippen LogP contribution in [0.2, 0.25) is 5.02 Å². The number of hydrogen-bond donors (Lipinski definition) is 0. The molecule has 1 aliphatic heterocycles. The average Bonchev–Trinajstić information content (AvgIpc) is 2.84. The Labute approximate surface area is 197 Å². The van der Waals surface area contributed by atoms with Crippen molar-refractivity contribution in [2.45, 2.75) is 6.42 Å². The summed E-state index contributed by atoms with van der Waals surface area (Å²) in [4.78, 5) is 41.3. The molecule has 2 aromatic carbocycles. The van der Waals surface area contributed by atoms with Crippen LogP contribution in [0.25, 0.3) is 0 Å². The fourth-order valence-electron chi connectivity index (χ4n) is 4.15. The van der Waals surface area contributed by atoms with Crippen LogP contribution in [0.5, 0.6) is 0 Å². The van der Waals surface area contributed by atoms with Gasteiger partial charge in [0.05, 0.1) is 0 Å². The van der Waals surface area contributed by atoms with E-state index in [1.807, 2.05) is 30.3 Å². The zero-order valence-corrected chi connectivity index (χ0v) is 19.6. The predicted molar refractivity (Wildman–Crippen MR) is 131 cm³/mol. The standard InChI is InChI=1S/C25H27ClN4O3/c1-27-22(17-23(31)28(2)25(27)33)30-14-12-29(13-15-30)11-10-18-8-9-20(16-21(18)26)24(32)19-6-4-3-5-7-19/h3-9,16-17H,10-15H2,1-2H3. The largest absolute Gasteiger partial charge is 0.355 e. The van der Waals surface area contributed by atoms with Gasteiger partial charge < -0.3 is 4.90 Å². The molecule has 33 heavy (non-hydrogen) atoms. The van der Waals surface area contributed by atoms with Gasteiger partial charge in [0.1, 0.15) is 5.82 Å². The minimum atomic E-state index is -0.316. The average molecular weight is 467 g/mol. The molecule has 0 unspecified atom stereocenters. The minimum absolute atomic E-state index is 0.0367. The van der Waals surface area contributed by atoms with E-state index < -0.39 is 0 Å². The van der Waals surface area contributed by atoms with Crippen LogP contribution in [0.15, 0.2) is 64.2 Å². The topological polar surface area (TPSA) is 67.5 Å². The smallest absolute Gasteiger partial charge is 0.332 e. The number of benzene rings is 2. The maximum absolute atomic E-state index is 12.6. The van der Waals surface area contributed by atoms with Crippen LogP contribution in [-0.4, -0.2) is 52.5 Å². The van der Waals surface area contributed by atoms with Crippen molar-refractivity contribution >= 4 is 23.2 Å². The monoisotopic (exact) mass is 466 g/mol. The number of anilines is 1. The summed E-state index contributed by atoms with van der Waals surface area (Å²) >= 11 is 6.50. The van der Waals surface area contributed by atoms with E-state index in [0.717, 1.165) is 49.3 Å². The van der Waals surface area contributed by atoms with Gasteiger partial charge in [-0.15, -0.1) is 0 Å². The summed E-state index contributed by atoms with van der Waals surface area (Å²) in [6.45, 7) is 3.96. The summed E-state index contributed by atoms with van der Waals surface area (Å²) in [5.41, 5.74) is 1.64. The number of rotatable bonds is 6. The van der Waals surface area contributed by atoms with Crippen molar-refractivity contribution in [3.63, 3.8) is 0 Å². The zero-order chi connectivity index (χ0) is 23.5. The summed E-state index contributed by atoms with van der Waals surface area (Å²) in [5, 5.41) is 0.602. The quantitative estimate of drug-likeness (QED) is 0.522. The number of carbonyl (C=O) groups excluding carboxylic acids is 1. The third-order valence-electron chi connectivity index (χ3n) is 6.25. The molecule has 0 N–H and O–H groups in total. The normalized spacial score (nSPS) is 14.5. The third kappa shape index (κ3) is 4.94. The van der Waals surface area contributed by atoms with Crippen molar-refractivity contribution in [1.82, 2.24) is 14.0 Å². The van der Waals surface area contributed by atoms with Crippen LogP contribution >= 0.6 is 11.6 Å². The van der Waals surface area contributed by atoms with Crippen LogP contribution in [0.1, 0.15) is 21.5 Å². The summed E-state index contributed by atoms with van der Waals surface area (Å²) in [6, 6.07) is 16.2. The fourth-order valence-corrected chi connectivity index (χ4v) is 4.43. The van der Waals surface area contributed by atoms with Gasteiger partial charge in [-0.05, 0) is 18.1 Å². The van der Waals surface area contributed by atoms with Crippen molar-refractivity contribution in [3.8, 4) is 0 Å². The predicted octanol–water partition coefficient (Wildman–Crippen LogP) is 2.33. The van der Waals surface area contributed by atoms with Crippen molar-refractivity contribution in [1.29, 1.82) is 0 Å². The Kier molecular flexibility index (Phi) is 6.81. The molecule has 1 saturated heterocycles. The molecule has 0 bridgehead atoms. The van der Waals surface area contributed by atoms with Gasteiger partial charge in [0.2, 0.25) is 0 Å². The molecule has 4 rings (SSSR count). The second-order valence-electron chi connectivity index (χ2n) is 8.32. The lowest BCUT2D eigenvalue weighted by Gasteiger charge is -2.36. The summed E-state index contributed by atoms with van der Waals surface area (Å²) < 4.78 is 2.64. The van der Waals surface area contributed by atoms with Gasteiger partial charge in [0.25, 0.3) is 5.56 Å². The SMILES string of the molecule is Cn1c(N2CCN(CCc3ccc(C(=O)c4ccccc4)cc3Cl)CC2)cc(=O)n(C)c1=O. The Morgan fingerprint density at radius 3 is 2.24 bits per heavy atom. The lowest BCUT2D eigenvalue weighted by atomic mass is 10.0. The van der Waals surface area contributed by atoms with Crippen molar-refractivity contribution in [2.75, 3.05) is 37.6 Å². The molecular formula is C25H27ClN4O3. The Bertz CT molecular complexity index is 1280. The minimum Gasteiger partial charge on any atom is -0.355 e. The van der Waals surface area contributed by atoms with E-state index in [2.05, 4.69) is 9.80 Å². The van der Waals surface area contributed by atoms with Crippen LogP contribution in [0.3, 0.4) is 0 Å². The second-order valence-corrected chi connectivity index (χ2v) is 8.73. The van der Waals surface area contributed by atoms with Gasteiger partial charge in [-0.2, -0.15) is 0 Å². The number of hydrogen-bond acceptors (Lipinski definition) is 5. The number of halogens is 1. The first-order valence-corrected chi connectivity index (χ1v) is 11.4. The number of aromatic nitrogens is 2. The summed E-state index contributed by atoms with van der Waals surface area (Å²) in [5.74, 6) is 0.620. The van der Waals surface area contributed by atoms with Gasteiger partial charge in [-0.3, -0.25) is 23.6 Å².